The highest BCUT2D eigenvalue weighted by molar-refractivity contribution is 7.07. The van der Waals surface area contributed by atoms with E-state index in [-0.39, 0.29) is 30.2 Å². The SMILES string of the molecule is CCOC(=O)C1=C(C)N=c2s/c(=C/c3ccc(OCc4ccc([N+](=O)[O-])cc4)cc3)c(=O)n2[C@@H]1c1ccc(C)c([N+](=O)[O-])c1. The Bertz CT molecular complexity index is 1990. The number of non-ortho nitro benzene ring substituents is 1. The van der Waals surface area contributed by atoms with E-state index in [9.17, 15) is 29.8 Å². The lowest BCUT2D eigenvalue weighted by molar-refractivity contribution is -0.385. The predicted octanol–water partition coefficient (Wildman–Crippen LogP) is 4.50. The maximum Gasteiger partial charge on any atom is 0.338 e. The van der Waals surface area contributed by atoms with Gasteiger partial charge in [-0.2, -0.15) is 0 Å². The summed E-state index contributed by atoms with van der Waals surface area (Å²) in [5.41, 5.74) is 2.29. The first kappa shape index (κ1) is 30.0. The van der Waals surface area contributed by atoms with Crippen molar-refractivity contribution in [2.45, 2.75) is 33.4 Å². The number of nitrogens with zero attached hydrogens (tertiary/aromatic N) is 4. The molecule has 1 aliphatic rings. The molecule has 44 heavy (non-hydrogen) atoms. The summed E-state index contributed by atoms with van der Waals surface area (Å²) >= 11 is 1.14. The van der Waals surface area contributed by atoms with Crippen molar-refractivity contribution in [2.75, 3.05) is 6.61 Å². The normalized spacial score (nSPS) is 14.5. The molecule has 3 aromatic carbocycles. The van der Waals surface area contributed by atoms with Gasteiger partial charge in [0, 0.05) is 23.8 Å². The Morgan fingerprint density at radius 1 is 1.02 bits per heavy atom. The number of esters is 1. The van der Waals surface area contributed by atoms with Crippen LogP contribution in [0.2, 0.25) is 0 Å². The van der Waals surface area contributed by atoms with Gasteiger partial charge < -0.3 is 9.47 Å². The molecule has 4 aromatic rings. The van der Waals surface area contributed by atoms with Gasteiger partial charge >= 0.3 is 5.97 Å². The third-order valence-electron chi connectivity index (χ3n) is 6.99. The van der Waals surface area contributed by atoms with Crippen LogP contribution in [-0.4, -0.2) is 27.0 Å². The van der Waals surface area contributed by atoms with E-state index in [1.54, 1.807) is 75.4 Å². The molecule has 0 bridgehead atoms. The summed E-state index contributed by atoms with van der Waals surface area (Å²) in [6, 6.07) is 16.8. The zero-order valence-electron chi connectivity index (χ0n) is 23.9. The molecule has 5 rings (SSSR count). The molecule has 0 radical (unpaired) electrons. The summed E-state index contributed by atoms with van der Waals surface area (Å²) < 4.78 is 12.8. The zero-order valence-corrected chi connectivity index (χ0v) is 24.7. The largest absolute Gasteiger partial charge is 0.489 e. The number of carbonyl (C=O) groups excluding carboxylic acids is 1. The van der Waals surface area contributed by atoms with Crippen molar-refractivity contribution in [1.82, 2.24) is 4.57 Å². The highest BCUT2D eigenvalue weighted by Gasteiger charge is 2.34. The second kappa shape index (κ2) is 12.4. The van der Waals surface area contributed by atoms with Crippen molar-refractivity contribution in [2.24, 2.45) is 4.99 Å². The third-order valence-corrected chi connectivity index (χ3v) is 7.98. The summed E-state index contributed by atoms with van der Waals surface area (Å²) in [5, 5.41) is 22.6. The molecular weight excluding hydrogens is 588 g/mol. The molecule has 13 heteroatoms. The minimum Gasteiger partial charge on any atom is -0.489 e. The minimum absolute atomic E-state index is 0.00200. The van der Waals surface area contributed by atoms with Gasteiger partial charge in [-0.1, -0.05) is 35.6 Å². The van der Waals surface area contributed by atoms with Crippen LogP contribution in [0.5, 0.6) is 5.75 Å². The summed E-state index contributed by atoms with van der Waals surface area (Å²) in [6.07, 6.45) is 1.70. The van der Waals surface area contributed by atoms with Crippen LogP contribution in [0.1, 0.15) is 42.1 Å². The molecule has 2 heterocycles. The van der Waals surface area contributed by atoms with Gasteiger partial charge in [-0.3, -0.25) is 29.6 Å². The molecule has 1 aliphatic heterocycles. The van der Waals surface area contributed by atoms with E-state index in [0.29, 0.717) is 37.5 Å². The Morgan fingerprint density at radius 3 is 2.36 bits per heavy atom. The Labute approximate surface area is 254 Å². The van der Waals surface area contributed by atoms with Crippen LogP contribution < -0.4 is 19.6 Å². The van der Waals surface area contributed by atoms with Crippen LogP contribution in [0.4, 0.5) is 11.4 Å². The van der Waals surface area contributed by atoms with E-state index in [0.717, 1.165) is 16.9 Å². The quantitative estimate of drug-likeness (QED) is 0.152. The molecule has 0 saturated carbocycles. The standard InChI is InChI=1S/C31H26N4O8S/c1-4-42-30(37)27-19(3)32-31-33(28(27)22-10-5-18(2)25(16-22)35(40)41)29(36)26(44-31)15-20-8-13-24(14-9-20)43-17-21-6-11-23(12-7-21)34(38)39/h5-16,28H,4,17H2,1-3H3/b26-15+/t28-/m1/s1. The van der Waals surface area contributed by atoms with Crippen molar-refractivity contribution in [3.63, 3.8) is 0 Å². The average Bonchev–Trinajstić information content (AvgIpc) is 3.30. The molecule has 1 atom stereocenters. The van der Waals surface area contributed by atoms with Gasteiger partial charge in [-0.25, -0.2) is 9.79 Å². The van der Waals surface area contributed by atoms with Crippen LogP contribution in [0.3, 0.4) is 0 Å². The number of allylic oxidation sites excluding steroid dienone is 1. The second-order valence-electron chi connectivity index (χ2n) is 9.89. The lowest BCUT2D eigenvalue weighted by Crippen LogP contribution is -2.40. The maximum absolute atomic E-state index is 13.8. The fourth-order valence-electron chi connectivity index (χ4n) is 4.79. The van der Waals surface area contributed by atoms with Gasteiger partial charge in [0.25, 0.3) is 16.9 Å². The summed E-state index contributed by atoms with van der Waals surface area (Å²) in [5.74, 6) is -0.0850. The van der Waals surface area contributed by atoms with Crippen molar-refractivity contribution >= 4 is 34.8 Å². The number of benzene rings is 3. The van der Waals surface area contributed by atoms with Gasteiger partial charge in [0.1, 0.15) is 12.4 Å². The Kier molecular flexibility index (Phi) is 8.49. The molecule has 0 fully saturated rings. The van der Waals surface area contributed by atoms with E-state index in [2.05, 4.69) is 4.99 Å². The Balaban J connectivity index is 1.49. The molecule has 0 unspecified atom stereocenters. The fourth-order valence-corrected chi connectivity index (χ4v) is 5.84. The summed E-state index contributed by atoms with van der Waals surface area (Å²) in [6.45, 7) is 5.26. The molecule has 0 saturated heterocycles. The van der Waals surface area contributed by atoms with Crippen molar-refractivity contribution < 1.29 is 24.1 Å². The molecule has 0 spiro atoms. The van der Waals surface area contributed by atoms with Gasteiger partial charge in [0.2, 0.25) is 0 Å². The molecule has 0 aliphatic carbocycles. The summed E-state index contributed by atoms with van der Waals surface area (Å²) in [7, 11) is 0. The number of nitro groups is 2. The minimum atomic E-state index is -0.970. The topological polar surface area (TPSA) is 156 Å². The number of aromatic nitrogens is 1. The lowest BCUT2D eigenvalue weighted by Gasteiger charge is -2.24. The van der Waals surface area contributed by atoms with Crippen molar-refractivity contribution in [3.8, 4) is 5.75 Å². The fraction of sp³-hybridized carbons (Fsp3) is 0.194. The maximum atomic E-state index is 13.8. The molecule has 12 nitrogen and oxygen atoms in total. The molecule has 0 N–H and O–H groups in total. The number of rotatable bonds is 9. The number of nitro benzene ring substituents is 2. The second-order valence-corrected chi connectivity index (χ2v) is 10.9. The van der Waals surface area contributed by atoms with E-state index in [1.165, 1.54) is 22.8 Å². The van der Waals surface area contributed by atoms with E-state index in [4.69, 9.17) is 9.47 Å². The number of hydrogen-bond donors (Lipinski definition) is 0. The average molecular weight is 615 g/mol. The number of thiazole rings is 1. The number of hydrogen-bond acceptors (Lipinski definition) is 10. The van der Waals surface area contributed by atoms with Crippen LogP contribution in [0, 0.1) is 27.2 Å². The number of aryl methyl sites for hydroxylation is 1. The van der Waals surface area contributed by atoms with Gasteiger partial charge in [0.05, 0.1) is 38.3 Å². The Hall–Kier alpha value is -5.43. The number of fused-ring (bicyclic) bond motifs is 1. The number of carbonyl (C=O) groups is 1. The smallest absolute Gasteiger partial charge is 0.338 e. The zero-order chi connectivity index (χ0) is 31.5. The van der Waals surface area contributed by atoms with Crippen LogP contribution >= 0.6 is 11.3 Å². The molecular formula is C31H26N4O8S. The van der Waals surface area contributed by atoms with Gasteiger partial charge in [-0.15, -0.1) is 0 Å². The van der Waals surface area contributed by atoms with Crippen LogP contribution in [0.15, 0.2) is 87.8 Å². The van der Waals surface area contributed by atoms with E-state index >= 15 is 0 Å². The lowest BCUT2D eigenvalue weighted by atomic mass is 9.94. The van der Waals surface area contributed by atoms with Crippen LogP contribution in [-0.2, 0) is 16.1 Å². The van der Waals surface area contributed by atoms with E-state index in [1.807, 2.05) is 0 Å². The molecule has 224 valence electrons. The van der Waals surface area contributed by atoms with Crippen molar-refractivity contribution in [3.05, 3.63) is 140 Å². The van der Waals surface area contributed by atoms with Gasteiger partial charge in [-0.05, 0) is 67.8 Å². The first-order valence-electron chi connectivity index (χ1n) is 13.5. The highest BCUT2D eigenvalue weighted by atomic mass is 32.1. The Morgan fingerprint density at radius 2 is 1.73 bits per heavy atom. The first-order valence-corrected chi connectivity index (χ1v) is 14.3. The predicted molar refractivity (Wildman–Crippen MR) is 162 cm³/mol. The molecule has 0 amide bonds. The van der Waals surface area contributed by atoms with Gasteiger partial charge in [0.15, 0.2) is 4.80 Å². The highest BCUT2D eigenvalue weighted by Crippen LogP contribution is 2.33. The summed E-state index contributed by atoms with van der Waals surface area (Å²) in [4.78, 5) is 53.4. The molecule has 1 aromatic heterocycles. The number of ether oxygens (including phenoxy) is 2. The van der Waals surface area contributed by atoms with E-state index < -0.39 is 27.4 Å². The monoisotopic (exact) mass is 614 g/mol. The van der Waals surface area contributed by atoms with Crippen molar-refractivity contribution in [1.29, 1.82) is 0 Å². The third kappa shape index (κ3) is 6.03. The first-order chi connectivity index (χ1) is 21.1. The van der Waals surface area contributed by atoms with Crippen LogP contribution in [0.25, 0.3) is 6.08 Å².